The lowest BCUT2D eigenvalue weighted by Gasteiger charge is -2.32. The van der Waals surface area contributed by atoms with Crippen LogP contribution in [0.5, 0.6) is 5.75 Å². The Labute approximate surface area is 247 Å². The number of hydrogen-bond acceptors (Lipinski definition) is 5. The van der Waals surface area contributed by atoms with Crippen molar-refractivity contribution in [3.63, 3.8) is 0 Å². The van der Waals surface area contributed by atoms with Gasteiger partial charge in [0.05, 0.1) is 17.2 Å². The molecule has 42 heavy (non-hydrogen) atoms. The van der Waals surface area contributed by atoms with Crippen LogP contribution in [0.15, 0.2) is 77.7 Å². The fourth-order valence-corrected chi connectivity index (χ4v) is 6.44. The van der Waals surface area contributed by atoms with Gasteiger partial charge in [-0.2, -0.15) is 0 Å². The molecule has 3 aromatic rings. The van der Waals surface area contributed by atoms with Gasteiger partial charge in [-0.1, -0.05) is 48.7 Å². The highest BCUT2D eigenvalue weighted by molar-refractivity contribution is 7.92. The number of hydrogen-bond donors (Lipinski definition) is 1. The zero-order valence-electron chi connectivity index (χ0n) is 24.3. The number of anilines is 1. The minimum Gasteiger partial charge on any atom is -0.494 e. The van der Waals surface area contributed by atoms with Crippen molar-refractivity contribution in [1.29, 1.82) is 0 Å². The summed E-state index contributed by atoms with van der Waals surface area (Å²) in [5, 5.41) is 3.01. The number of amides is 2. The van der Waals surface area contributed by atoms with E-state index in [2.05, 4.69) is 5.32 Å². The van der Waals surface area contributed by atoms with Crippen molar-refractivity contribution >= 4 is 27.5 Å². The SMILES string of the molecule is CCOc1ccc(S(=O)(=O)N(CC(=O)N(Cc2ccccc2F)[C@H](C)C(=O)NC2CCCC2)c2ccc(C)cc2)cc1. The van der Waals surface area contributed by atoms with Gasteiger partial charge in [-0.15, -0.1) is 0 Å². The van der Waals surface area contributed by atoms with Crippen LogP contribution in [-0.2, 0) is 26.2 Å². The average Bonchev–Trinajstić information content (AvgIpc) is 3.49. The standard InChI is InChI=1S/C32H38FN3O5S/c1-4-41-28-17-19-29(20-18-28)42(39,40)36(27-15-13-23(2)14-16-27)22-31(37)35(21-25-9-5-8-12-30(25)33)24(3)32(38)34-26-10-6-7-11-26/h5,8-9,12-20,24,26H,4,6-7,10-11,21-22H2,1-3H3,(H,34,38)/t24-/m1/s1. The number of ether oxygens (including phenoxy) is 1. The van der Waals surface area contributed by atoms with Crippen molar-refractivity contribution in [1.82, 2.24) is 10.2 Å². The molecule has 1 saturated carbocycles. The zero-order valence-corrected chi connectivity index (χ0v) is 25.1. The summed E-state index contributed by atoms with van der Waals surface area (Å²) >= 11 is 0. The van der Waals surface area contributed by atoms with Crippen LogP contribution in [0.4, 0.5) is 10.1 Å². The Hall–Kier alpha value is -3.92. The Morgan fingerprint density at radius 3 is 2.26 bits per heavy atom. The molecule has 1 aliphatic rings. The molecule has 0 radical (unpaired) electrons. The molecule has 0 bridgehead atoms. The van der Waals surface area contributed by atoms with Crippen LogP contribution in [0.2, 0.25) is 0 Å². The highest BCUT2D eigenvalue weighted by Gasteiger charge is 2.33. The van der Waals surface area contributed by atoms with Gasteiger partial charge in [0.2, 0.25) is 11.8 Å². The monoisotopic (exact) mass is 595 g/mol. The van der Waals surface area contributed by atoms with Crippen LogP contribution in [0.1, 0.15) is 50.7 Å². The Bertz CT molecular complexity index is 1470. The largest absolute Gasteiger partial charge is 0.494 e. The summed E-state index contributed by atoms with van der Waals surface area (Å²) in [6, 6.07) is 17.9. The predicted octanol–water partition coefficient (Wildman–Crippen LogP) is 5.20. The lowest BCUT2D eigenvalue weighted by Crippen LogP contribution is -2.52. The van der Waals surface area contributed by atoms with Crippen molar-refractivity contribution in [3.8, 4) is 5.75 Å². The molecule has 1 aliphatic carbocycles. The lowest BCUT2D eigenvalue weighted by atomic mass is 10.1. The third-order valence-electron chi connectivity index (χ3n) is 7.49. The first-order chi connectivity index (χ1) is 20.1. The van der Waals surface area contributed by atoms with E-state index >= 15 is 0 Å². The summed E-state index contributed by atoms with van der Waals surface area (Å²) in [6.07, 6.45) is 3.76. The molecule has 4 rings (SSSR count). The molecule has 0 saturated heterocycles. The first-order valence-corrected chi connectivity index (χ1v) is 15.7. The predicted molar refractivity (Wildman–Crippen MR) is 160 cm³/mol. The van der Waals surface area contributed by atoms with E-state index in [0.29, 0.717) is 12.4 Å². The van der Waals surface area contributed by atoms with E-state index < -0.39 is 34.3 Å². The summed E-state index contributed by atoms with van der Waals surface area (Å²) in [4.78, 5) is 28.5. The number of carbonyl (C=O) groups excluding carboxylic acids is 2. The zero-order chi connectivity index (χ0) is 30.3. The van der Waals surface area contributed by atoms with Gasteiger partial charge in [-0.25, -0.2) is 12.8 Å². The van der Waals surface area contributed by atoms with Gasteiger partial charge in [0.1, 0.15) is 24.2 Å². The van der Waals surface area contributed by atoms with Gasteiger partial charge in [-0.3, -0.25) is 13.9 Å². The fourth-order valence-electron chi connectivity index (χ4n) is 5.03. The number of benzene rings is 3. The molecule has 8 nitrogen and oxygen atoms in total. The molecule has 0 unspecified atom stereocenters. The molecule has 10 heteroatoms. The summed E-state index contributed by atoms with van der Waals surface area (Å²) in [5.74, 6) is -0.992. The summed E-state index contributed by atoms with van der Waals surface area (Å²) < 4.78 is 49.1. The van der Waals surface area contributed by atoms with Gasteiger partial charge in [0.25, 0.3) is 10.0 Å². The maximum atomic E-state index is 14.7. The summed E-state index contributed by atoms with van der Waals surface area (Å²) in [6.45, 7) is 4.93. The number of nitrogens with one attached hydrogen (secondary N) is 1. The van der Waals surface area contributed by atoms with E-state index in [9.17, 15) is 22.4 Å². The smallest absolute Gasteiger partial charge is 0.264 e. The minimum absolute atomic E-state index is 0.0213. The first-order valence-electron chi connectivity index (χ1n) is 14.3. The van der Waals surface area contributed by atoms with Crippen molar-refractivity contribution in [3.05, 3.63) is 89.7 Å². The molecular weight excluding hydrogens is 557 g/mol. The van der Waals surface area contributed by atoms with Crippen LogP contribution in [0.25, 0.3) is 0 Å². The Kier molecular flexibility index (Phi) is 10.2. The van der Waals surface area contributed by atoms with Crippen LogP contribution >= 0.6 is 0 Å². The first kappa shape index (κ1) is 31.0. The van der Waals surface area contributed by atoms with Gasteiger partial charge in [-0.05, 0) is 76.1 Å². The number of aryl methyl sites for hydroxylation is 1. The molecule has 1 atom stereocenters. The molecule has 0 aliphatic heterocycles. The second kappa shape index (κ2) is 13.8. The number of halogens is 1. The van der Waals surface area contributed by atoms with Crippen LogP contribution < -0.4 is 14.4 Å². The third kappa shape index (κ3) is 7.47. The maximum absolute atomic E-state index is 14.7. The highest BCUT2D eigenvalue weighted by atomic mass is 32.2. The third-order valence-corrected chi connectivity index (χ3v) is 9.28. The summed E-state index contributed by atoms with van der Waals surface area (Å²) in [7, 11) is -4.22. The average molecular weight is 596 g/mol. The van der Waals surface area contributed by atoms with Crippen LogP contribution in [0, 0.1) is 12.7 Å². The van der Waals surface area contributed by atoms with E-state index in [4.69, 9.17) is 4.74 Å². The van der Waals surface area contributed by atoms with E-state index in [1.165, 1.54) is 23.1 Å². The van der Waals surface area contributed by atoms with Crippen molar-refractivity contribution in [2.45, 2.75) is 70.0 Å². The highest BCUT2D eigenvalue weighted by Crippen LogP contribution is 2.27. The second-order valence-corrected chi connectivity index (χ2v) is 12.4. The Morgan fingerprint density at radius 1 is 1.00 bits per heavy atom. The van der Waals surface area contributed by atoms with E-state index in [0.717, 1.165) is 35.6 Å². The van der Waals surface area contributed by atoms with E-state index in [-0.39, 0.29) is 34.6 Å². The van der Waals surface area contributed by atoms with Crippen molar-refractivity contribution in [2.24, 2.45) is 0 Å². The summed E-state index contributed by atoms with van der Waals surface area (Å²) in [5.41, 5.74) is 1.43. The van der Waals surface area contributed by atoms with Gasteiger partial charge in [0, 0.05) is 18.2 Å². The van der Waals surface area contributed by atoms with Crippen molar-refractivity contribution in [2.75, 3.05) is 17.5 Å². The lowest BCUT2D eigenvalue weighted by molar-refractivity contribution is -0.139. The number of carbonyl (C=O) groups is 2. The molecule has 1 N–H and O–H groups in total. The molecular formula is C32H38FN3O5S. The minimum atomic E-state index is -4.22. The molecule has 1 fully saturated rings. The van der Waals surface area contributed by atoms with Crippen LogP contribution in [-0.4, -0.2) is 50.4 Å². The molecule has 224 valence electrons. The van der Waals surface area contributed by atoms with E-state index in [1.807, 2.05) is 13.8 Å². The quantitative estimate of drug-likeness (QED) is 0.310. The fraction of sp³-hybridized carbons (Fsp3) is 0.375. The van der Waals surface area contributed by atoms with Crippen molar-refractivity contribution < 1.29 is 27.1 Å². The van der Waals surface area contributed by atoms with Gasteiger partial charge >= 0.3 is 0 Å². The van der Waals surface area contributed by atoms with Gasteiger partial charge in [0.15, 0.2) is 0 Å². The molecule has 2 amide bonds. The van der Waals surface area contributed by atoms with Crippen LogP contribution in [0.3, 0.4) is 0 Å². The van der Waals surface area contributed by atoms with Gasteiger partial charge < -0.3 is 15.0 Å². The topological polar surface area (TPSA) is 96.0 Å². The Morgan fingerprint density at radius 2 is 1.64 bits per heavy atom. The number of nitrogens with zero attached hydrogens (tertiary/aromatic N) is 2. The maximum Gasteiger partial charge on any atom is 0.264 e. The van der Waals surface area contributed by atoms with E-state index in [1.54, 1.807) is 61.5 Å². The Balaban J connectivity index is 1.68. The molecule has 3 aromatic carbocycles. The number of sulfonamides is 1. The molecule has 0 aromatic heterocycles. The second-order valence-electron chi connectivity index (χ2n) is 10.5. The number of rotatable bonds is 12. The molecule has 0 heterocycles. The normalized spacial score (nSPS) is 14.3. The molecule has 0 spiro atoms.